The van der Waals surface area contributed by atoms with E-state index in [1.807, 2.05) is 73.0 Å². The fourth-order valence-electron chi connectivity index (χ4n) is 4.29. The molecule has 0 heterocycles. The maximum Gasteiger partial charge on any atom is 0.233 e. The molecule has 4 rings (SSSR count). The number of thioether (sulfide) groups is 1. The highest BCUT2D eigenvalue weighted by Gasteiger charge is 2.37. The first-order valence-corrected chi connectivity index (χ1v) is 13.1. The number of rotatable bonds is 12. The van der Waals surface area contributed by atoms with Gasteiger partial charge >= 0.3 is 0 Å². The van der Waals surface area contributed by atoms with Gasteiger partial charge in [-0.05, 0) is 71.6 Å². The molecule has 0 amide bonds. The molecule has 38 heavy (non-hydrogen) atoms. The fraction of sp³-hybridized carbons (Fsp3) is 0.188. The zero-order chi connectivity index (χ0) is 26.8. The van der Waals surface area contributed by atoms with Crippen LogP contribution in [0.5, 0.6) is 11.5 Å². The molecule has 0 bridgehead atoms. The Hall–Kier alpha value is -3.87. The van der Waals surface area contributed by atoms with Gasteiger partial charge in [0.2, 0.25) is 6.29 Å². The van der Waals surface area contributed by atoms with Crippen molar-refractivity contribution in [3.8, 4) is 11.5 Å². The van der Waals surface area contributed by atoms with E-state index in [1.165, 1.54) is 11.8 Å². The van der Waals surface area contributed by atoms with E-state index < -0.39 is 5.60 Å². The first kappa shape index (κ1) is 27.2. The third kappa shape index (κ3) is 6.33. The molecule has 1 radical (unpaired) electrons. The number of methoxy groups -OCH3 is 2. The summed E-state index contributed by atoms with van der Waals surface area (Å²) in [6.45, 7) is 0.359. The molecule has 5 nitrogen and oxygen atoms in total. The molecule has 0 unspecified atom stereocenters. The molecule has 0 N–H and O–H groups in total. The van der Waals surface area contributed by atoms with Crippen LogP contribution in [0, 0.1) is 0 Å². The van der Waals surface area contributed by atoms with Gasteiger partial charge in [0.05, 0.1) is 14.2 Å². The van der Waals surface area contributed by atoms with Crippen molar-refractivity contribution in [3.05, 3.63) is 125 Å². The van der Waals surface area contributed by atoms with Crippen molar-refractivity contribution in [2.75, 3.05) is 20.8 Å². The highest BCUT2D eigenvalue weighted by atomic mass is 32.2. The third-order valence-corrected chi connectivity index (χ3v) is 7.16. The van der Waals surface area contributed by atoms with Crippen molar-refractivity contribution in [1.82, 2.24) is 0 Å². The minimum atomic E-state index is -0.906. The Labute approximate surface area is 227 Å². The van der Waals surface area contributed by atoms with Crippen LogP contribution in [-0.2, 0) is 19.9 Å². The lowest BCUT2D eigenvalue weighted by atomic mass is 9.80. The number of ether oxygens (including phenoxy) is 3. The Balaban J connectivity index is 1.59. The summed E-state index contributed by atoms with van der Waals surface area (Å²) in [5.74, 6) is 1.51. The van der Waals surface area contributed by atoms with Crippen molar-refractivity contribution in [1.29, 1.82) is 0 Å². The second kappa shape index (κ2) is 13.1. The zero-order valence-electron chi connectivity index (χ0n) is 21.4. The molecule has 0 saturated heterocycles. The molecule has 4 aromatic rings. The average molecular weight is 526 g/mol. The molecular formula is C32H29O5S. The van der Waals surface area contributed by atoms with Gasteiger partial charge < -0.3 is 14.2 Å². The normalized spacial score (nSPS) is 11.1. The minimum absolute atomic E-state index is 0.0376. The van der Waals surface area contributed by atoms with Crippen molar-refractivity contribution in [2.24, 2.45) is 0 Å². The lowest BCUT2D eigenvalue weighted by molar-refractivity contribution is -0.111. The van der Waals surface area contributed by atoms with Crippen molar-refractivity contribution in [2.45, 2.75) is 23.3 Å². The maximum absolute atomic E-state index is 12.6. The number of hydrogen-bond donors (Lipinski definition) is 0. The average Bonchev–Trinajstić information content (AvgIpc) is 2.98. The maximum atomic E-state index is 12.6. The summed E-state index contributed by atoms with van der Waals surface area (Å²) in [6.07, 6.45) is 2.74. The van der Waals surface area contributed by atoms with Crippen LogP contribution >= 0.6 is 11.8 Å². The first-order valence-electron chi connectivity index (χ1n) is 12.3. The monoisotopic (exact) mass is 525 g/mol. The van der Waals surface area contributed by atoms with Crippen molar-refractivity contribution in [3.63, 3.8) is 0 Å². The van der Waals surface area contributed by atoms with Crippen LogP contribution in [-0.4, -0.2) is 32.2 Å². The summed E-state index contributed by atoms with van der Waals surface area (Å²) < 4.78 is 17.6. The molecule has 193 valence electrons. The molecule has 0 atom stereocenters. The van der Waals surface area contributed by atoms with Crippen LogP contribution in [0.2, 0.25) is 0 Å². The predicted octanol–water partition coefficient (Wildman–Crippen LogP) is 6.57. The van der Waals surface area contributed by atoms with E-state index >= 15 is 0 Å². The summed E-state index contributed by atoms with van der Waals surface area (Å²) in [5.41, 5.74) is 2.43. The van der Waals surface area contributed by atoms with Gasteiger partial charge in [0.15, 0.2) is 5.12 Å². The molecule has 0 aliphatic rings. The van der Waals surface area contributed by atoms with Gasteiger partial charge in [-0.3, -0.25) is 9.59 Å². The second-order valence-electron chi connectivity index (χ2n) is 8.56. The number of carbonyl (C=O) groups is 1. The fourth-order valence-corrected chi connectivity index (χ4v) is 5.07. The van der Waals surface area contributed by atoms with Gasteiger partial charge in [0.25, 0.3) is 0 Å². The highest BCUT2D eigenvalue weighted by molar-refractivity contribution is 8.13. The number of benzene rings is 4. The lowest BCUT2D eigenvalue weighted by Gasteiger charge is -2.36. The molecular weight excluding hydrogens is 496 g/mol. The number of hydrogen-bond acceptors (Lipinski definition) is 6. The second-order valence-corrected chi connectivity index (χ2v) is 9.69. The Bertz CT molecular complexity index is 1270. The van der Waals surface area contributed by atoms with Crippen LogP contribution in [0.15, 0.2) is 108 Å². The minimum Gasteiger partial charge on any atom is -0.497 e. The molecule has 4 aromatic carbocycles. The molecule has 0 fully saturated rings. The smallest absolute Gasteiger partial charge is 0.233 e. The standard InChI is InChI=1S/C32H29O5S/c1-35-28-16-12-26(13-17-28)32(25-7-4-3-5-8-25,27-14-18-29(36-2)19-15-27)37-22-6-9-31(34)38-30-20-10-24(23-33)11-21-30/h3-5,7-8,10-21H,6,9,22H2,1-2H3. The third-order valence-electron chi connectivity index (χ3n) is 6.22. The highest BCUT2D eigenvalue weighted by Crippen LogP contribution is 2.41. The lowest BCUT2D eigenvalue weighted by Crippen LogP contribution is -2.33. The summed E-state index contributed by atoms with van der Waals surface area (Å²) in [7, 11) is 3.28. The van der Waals surface area contributed by atoms with Crippen LogP contribution in [0.3, 0.4) is 0 Å². The molecule has 0 aliphatic carbocycles. The van der Waals surface area contributed by atoms with Crippen LogP contribution in [0.1, 0.15) is 35.1 Å². The Kier molecular flexibility index (Phi) is 9.35. The van der Waals surface area contributed by atoms with Gasteiger partial charge in [0.1, 0.15) is 17.1 Å². The van der Waals surface area contributed by atoms with Crippen LogP contribution < -0.4 is 9.47 Å². The summed E-state index contributed by atoms with van der Waals surface area (Å²) in [5, 5.41) is 0.0376. The van der Waals surface area contributed by atoms with E-state index in [4.69, 9.17) is 14.2 Å². The molecule has 6 heteroatoms. The quantitative estimate of drug-likeness (QED) is 0.118. The van der Waals surface area contributed by atoms with E-state index in [0.717, 1.165) is 33.1 Å². The molecule has 0 spiro atoms. The van der Waals surface area contributed by atoms with Crippen molar-refractivity contribution < 1.29 is 23.8 Å². The topological polar surface area (TPSA) is 61.8 Å². The number of carbonyl (C=O) groups excluding carboxylic acids is 2. The van der Waals surface area contributed by atoms with Crippen molar-refractivity contribution >= 4 is 23.2 Å². The van der Waals surface area contributed by atoms with E-state index in [2.05, 4.69) is 12.1 Å². The SMILES string of the molecule is COc1ccc(C(OCCCC(=O)Sc2ccc([C]=O)cc2)(c2ccccc2)c2ccc(OC)cc2)cc1. The van der Waals surface area contributed by atoms with E-state index in [9.17, 15) is 9.59 Å². The Morgan fingerprint density at radius 3 is 1.76 bits per heavy atom. The zero-order valence-corrected chi connectivity index (χ0v) is 22.2. The molecule has 0 aliphatic heterocycles. The molecule has 0 saturated carbocycles. The predicted molar refractivity (Wildman–Crippen MR) is 150 cm³/mol. The Morgan fingerprint density at radius 2 is 1.26 bits per heavy atom. The summed E-state index contributed by atoms with van der Waals surface area (Å²) >= 11 is 1.17. The van der Waals surface area contributed by atoms with E-state index in [1.54, 1.807) is 38.5 Å². The van der Waals surface area contributed by atoms with E-state index in [0.29, 0.717) is 25.0 Å². The van der Waals surface area contributed by atoms with Crippen LogP contribution in [0.25, 0.3) is 0 Å². The molecule has 0 aromatic heterocycles. The van der Waals surface area contributed by atoms with Gasteiger partial charge in [0, 0.05) is 23.5 Å². The van der Waals surface area contributed by atoms with Gasteiger partial charge in [-0.25, -0.2) is 0 Å². The largest absolute Gasteiger partial charge is 0.497 e. The van der Waals surface area contributed by atoms with Gasteiger partial charge in [-0.15, -0.1) is 0 Å². The van der Waals surface area contributed by atoms with E-state index in [-0.39, 0.29) is 5.12 Å². The van der Waals surface area contributed by atoms with Gasteiger partial charge in [-0.2, -0.15) is 0 Å². The first-order chi connectivity index (χ1) is 18.6. The van der Waals surface area contributed by atoms with Crippen LogP contribution in [0.4, 0.5) is 0 Å². The summed E-state index contributed by atoms with van der Waals surface area (Å²) in [4.78, 5) is 24.2. The van der Waals surface area contributed by atoms with Gasteiger partial charge in [-0.1, -0.05) is 66.4 Å². The summed E-state index contributed by atoms with van der Waals surface area (Å²) in [6, 6.07) is 32.6. The Morgan fingerprint density at radius 1 is 0.737 bits per heavy atom.